The fraction of sp³-hybridized carbons (Fsp3) is 0.308. The van der Waals surface area contributed by atoms with Crippen LogP contribution in [0.25, 0.3) is 0 Å². The van der Waals surface area contributed by atoms with Crippen LogP contribution in [-0.4, -0.2) is 18.6 Å². The molecule has 0 fully saturated rings. The van der Waals surface area contributed by atoms with Gasteiger partial charge in [0.05, 0.1) is 11.7 Å². The van der Waals surface area contributed by atoms with E-state index in [1.165, 1.54) is 11.0 Å². The van der Waals surface area contributed by atoms with Crippen LogP contribution in [0, 0.1) is 25.1 Å². The Hall–Kier alpha value is -2.02. The summed E-state index contributed by atoms with van der Waals surface area (Å²) in [5, 5.41) is 0. The predicted octanol–water partition coefficient (Wildman–Crippen LogP) is 1.88. The summed E-state index contributed by atoms with van der Waals surface area (Å²) >= 11 is 0. The minimum absolute atomic E-state index is 0.110. The molecule has 0 bridgehead atoms. The van der Waals surface area contributed by atoms with Crippen LogP contribution in [0.3, 0.4) is 0 Å². The molecule has 1 atom stereocenters. The molecule has 1 heterocycles. The van der Waals surface area contributed by atoms with Crippen molar-refractivity contribution < 1.29 is 13.9 Å². The molecule has 1 aliphatic rings. The molecule has 0 aliphatic carbocycles. The van der Waals surface area contributed by atoms with E-state index in [4.69, 9.17) is 11.2 Å². The van der Waals surface area contributed by atoms with Crippen molar-refractivity contribution in [3.8, 4) is 18.1 Å². The fourth-order valence-electron chi connectivity index (χ4n) is 1.79. The number of ether oxygens (including phenoxy) is 1. The fourth-order valence-corrected chi connectivity index (χ4v) is 1.79. The van der Waals surface area contributed by atoms with Crippen molar-refractivity contribution in [1.29, 1.82) is 0 Å². The lowest BCUT2D eigenvalue weighted by molar-refractivity contribution is -0.121. The Morgan fingerprint density at radius 1 is 1.59 bits per heavy atom. The highest BCUT2D eigenvalue weighted by atomic mass is 19.1. The van der Waals surface area contributed by atoms with Gasteiger partial charge in [-0.15, -0.1) is 6.42 Å². The smallest absolute Gasteiger partial charge is 0.266 e. The van der Waals surface area contributed by atoms with Gasteiger partial charge in [-0.1, -0.05) is 5.92 Å². The highest BCUT2D eigenvalue weighted by Crippen LogP contribution is 2.35. The first-order valence-corrected chi connectivity index (χ1v) is 5.25. The Bertz CT molecular complexity index is 519. The topological polar surface area (TPSA) is 29.5 Å². The standard InChI is InChI=1S/C13H12FNO2/c1-4-9(3)15-11-5-8(2)10(14)6-12(11)17-7-13(15)16/h1,5-6,9H,7H2,2-3H3. The van der Waals surface area contributed by atoms with Crippen LogP contribution in [0.5, 0.6) is 5.75 Å². The summed E-state index contributed by atoms with van der Waals surface area (Å²) in [4.78, 5) is 13.2. The van der Waals surface area contributed by atoms with Gasteiger partial charge in [0.1, 0.15) is 11.6 Å². The zero-order valence-corrected chi connectivity index (χ0v) is 9.66. The molecule has 0 saturated carbocycles. The van der Waals surface area contributed by atoms with E-state index in [0.717, 1.165) is 0 Å². The van der Waals surface area contributed by atoms with Crippen molar-refractivity contribution in [1.82, 2.24) is 0 Å². The largest absolute Gasteiger partial charge is 0.481 e. The normalized spacial score (nSPS) is 15.9. The maximum absolute atomic E-state index is 13.4. The summed E-state index contributed by atoms with van der Waals surface area (Å²) in [5.74, 6) is 2.28. The molecule has 0 N–H and O–H groups in total. The molecule has 17 heavy (non-hydrogen) atoms. The minimum Gasteiger partial charge on any atom is -0.481 e. The number of nitrogens with zero attached hydrogens (tertiary/aromatic N) is 1. The van der Waals surface area contributed by atoms with Gasteiger partial charge in [-0.2, -0.15) is 0 Å². The van der Waals surface area contributed by atoms with E-state index in [1.54, 1.807) is 19.9 Å². The van der Waals surface area contributed by atoms with Gasteiger partial charge in [-0.25, -0.2) is 4.39 Å². The number of carbonyl (C=O) groups is 1. The van der Waals surface area contributed by atoms with E-state index in [0.29, 0.717) is 17.0 Å². The molecule has 88 valence electrons. The Kier molecular flexibility index (Phi) is 2.76. The second-order valence-electron chi connectivity index (χ2n) is 3.96. The maximum atomic E-state index is 13.4. The summed E-state index contributed by atoms with van der Waals surface area (Å²) in [5.41, 5.74) is 0.988. The van der Waals surface area contributed by atoms with Crippen molar-refractivity contribution in [2.75, 3.05) is 11.5 Å². The van der Waals surface area contributed by atoms with Gasteiger partial charge in [-0.3, -0.25) is 9.69 Å². The Morgan fingerprint density at radius 3 is 2.94 bits per heavy atom. The molecule has 2 rings (SSSR count). The summed E-state index contributed by atoms with van der Waals surface area (Å²) in [6, 6.07) is 2.48. The SMILES string of the molecule is C#CC(C)N1C(=O)COc2cc(F)c(C)cc21. The minimum atomic E-state index is -0.380. The Morgan fingerprint density at radius 2 is 2.29 bits per heavy atom. The number of rotatable bonds is 1. The average molecular weight is 233 g/mol. The van der Waals surface area contributed by atoms with Gasteiger partial charge in [0.25, 0.3) is 5.91 Å². The van der Waals surface area contributed by atoms with E-state index in [1.807, 2.05) is 0 Å². The molecule has 0 aromatic heterocycles. The van der Waals surface area contributed by atoms with E-state index in [9.17, 15) is 9.18 Å². The van der Waals surface area contributed by atoms with E-state index >= 15 is 0 Å². The summed E-state index contributed by atoms with van der Waals surface area (Å²) in [6.45, 7) is 3.26. The van der Waals surface area contributed by atoms with E-state index in [-0.39, 0.29) is 24.4 Å². The first kappa shape index (κ1) is 11.5. The van der Waals surface area contributed by atoms with Crippen LogP contribution >= 0.6 is 0 Å². The summed E-state index contributed by atoms with van der Waals surface area (Å²) < 4.78 is 18.6. The molecule has 1 aromatic rings. The molecule has 0 spiro atoms. The number of hydrogen-bond acceptors (Lipinski definition) is 2. The van der Waals surface area contributed by atoms with Crippen LogP contribution in [0.2, 0.25) is 0 Å². The number of halogens is 1. The zero-order valence-electron chi connectivity index (χ0n) is 9.66. The number of benzene rings is 1. The third kappa shape index (κ3) is 1.84. The van der Waals surface area contributed by atoms with Crippen LogP contribution in [0.15, 0.2) is 12.1 Å². The molecule has 3 nitrogen and oxygen atoms in total. The highest BCUT2D eigenvalue weighted by molar-refractivity contribution is 5.98. The van der Waals surface area contributed by atoms with Crippen LogP contribution in [-0.2, 0) is 4.79 Å². The second-order valence-corrected chi connectivity index (χ2v) is 3.96. The van der Waals surface area contributed by atoms with Gasteiger partial charge in [0.2, 0.25) is 0 Å². The van der Waals surface area contributed by atoms with Crippen molar-refractivity contribution in [3.63, 3.8) is 0 Å². The van der Waals surface area contributed by atoms with Crippen molar-refractivity contribution in [3.05, 3.63) is 23.5 Å². The molecule has 1 aromatic carbocycles. The lowest BCUT2D eigenvalue weighted by Gasteiger charge is -2.32. The molecule has 0 radical (unpaired) electrons. The maximum Gasteiger partial charge on any atom is 0.266 e. The Balaban J connectivity index is 2.55. The highest BCUT2D eigenvalue weighted by Gasteiger charge is 2.29. The van der Waals surface area contributed by atoms with Crippen LogP contribution in [0.4, 0.5) is 10.1 Å². The number of fused-ring (bicyclic) bond motifs is 1. The molecule has 1 unspecified atom stereocenters. The lowest BCUT2D eigenvalue weighted by atomic mass is 10.1. The van der Waals surface area contributed by atoms with E-state index < -0.39 is 0 Å². The molecular formula is C13H12FNO2. The zero-order chi connectivity index (χ0) is 12.6. The van der Waals surface area contributed by atoms with Crippen molar-refractivity contribution in [2.24, 2.45) is 0 Å². The monoisotopic (exact) mass is 233 g/mol. The molecule has 0 saturated heterocycles. The molecule has 4 heteroatoms. The first-order valence-electron chi connectivity index (χ1n) is 5.25. The number of anilines is 1. The number of hydrogen-bond donors (Lipinski definition) is 0. The third-order valence-electron chi connectivity index (χ3n) is 2.75. The Labute approximate surface area is 99.2 Å². The number of terminal acetylenes is 1. The summed E-state index contributed by atoms with van der Waals surface area (Å²) in [6.07, 6.45) is 5.33. The number of aryl methyl sites for hydroxylation is 1. The van der Waals surface area contributed by atoms with Crippen LogP contribution in [0.1, 0.15) is 12.5 Å². The predicted molar refractivity (Wildman–Crippen MR) is 62.4 cm³/mol. The van der Waals surface area contributed by atoms with Gasteiger partial charge >= 0.3 is 0 Å². The van der Waals surface area contributed by atoms with Crippen LogP contribution < -0.4 is 9.64 Å². The van der Waals surface area contributed by atoms with Crippen molar-refractivity contribution in [2.45, 2.75) is 19.9 Å². The van der Waals surface area contributed by atoms with Gasteiger partial charge in [0, 0.05) is 6.07 Å². The van der Waals surface area contributed by atoms with Gasteiger partial charge in [0.15, 0.2) is 6.61 Å². The summed E-state index contributed by atoms with van der Waals surface area (Å²) in [7, 11) is 0. The lowest BCUT2D eigenvalue weighted by Crippen LogP contribution is -2.44. The molecule has 1 aliphatic heterocycles. The first-order chi connectivity index (χ1) is 8.04. The third-order valence-corrected chi connectivity index (χ3v) is 2.75. The van der Waals surface area contributed by atoms with E-state index in [2.05, 4.69) is 5.92 Å². The number of amides is 1. The van der Waals surface area contributed by atoms with Gasteiger partial charge in [-0.05, 0) is 25.5 Å². The average Bonchev–Trinajstić information content (AvgIpc) is 2.30. The number of carbonyl (C=O) groups excluding carboxylic acids is 1. The molecule has 1 amide bonds. The van der Waals surface area contributed by atoms with Crippen molar-refractivity contribution >= 4 is 11.6 Å². The quantitative estimate of drug-likeness (QED) is 0.693. The second kappa shape index (κ2) is 4.10. The van der Waals surface area contributed by atoms with Gasteiger partial charge < -0.3 is 4.74 Å². The molecular weight excluding hydrogens is 221 g/mol.